The van der Waals surface area contributed by atoms with Crippen LogP contribution in [0, 0.1) is 0 Å². The first-order chi connectivity index (χ1) is 10.2. The number of para-hydroxylation sites is 1. The quantitative estimate of drug-likeness (QED) is 0.428. The molecule has 1 heterocycles. The fourth-order valence-electron chi connectivity index (χ4n) is 1.78. The third-order valence-electron chi connectivity index (χ3n) is 2.73. The summed E-state index contributed by atoms with van der Waals surface area (Å²) in [4.78, 5) is 9.93. The average molecular weight is 334 g/mol. The SMILES string of the molecule is NC(CCl)=Nc1ccc(Sc2nc3ccccc3s2)cc1. The van der Waals surface area contributed by atoms with Crippen molar-refractivity contribution in [3.8, 4) is 0 Å². The Hall–Kier alpha value is -1.56. The normalized spacial score (nSPS) is 12.0. The van der Waals surface area contributed by atoms with Gasteiger partial charge in [-0.2, -0.15) is 0 Å². The van der Waals surface area contributed by atoms with E-state index >= 15 is 0 Å². The van der Waals surface area contributed by atoms with Gasteiger partial charge in [-0.05, 0) is 36.4 Å². The minimum absolute atomic E-state index is 0.238. The summed E-state index contributed by atoms with van der Waals surface area (Å²) in [5, 5.41) is 0. The van der Waals surface area contributed by atoms with E-state index in [0.29, 0.717) is 5.84 Å². The minimum atomic E-state index is 0.238. The van der Waals surface area contributed by atoms with Crippen molar-refractivity contribution in [3.05, 3.63) is 48.5 Å². The van der Waals surface area contributed by atoms with E-state index in [9.17, 15) is 0 Å². The molecule has 2 N–H and O–H groups in total. The molecule has 0 aliphatic carbocycles. The van der Waals surface area contributed by atoms with E-state index in [-0.39, 0.29) is 5.88 Å². The van der Waals surface area contributed by atoms with Gasteiger partial charge in [0.15, 0.2) is 4.34 Å². The second-order valence-corrected chi connectivity index (χ2v) is 6.90. The van der Waals surface area contributed by atoms with Gasteiger partial charge in [0.05, 0.1) is 21.8 Å². The van der Waals surface area contributed by atoms with Crippen LogP contribution in [0.3, 0.4) is 0 Å². The molecular formula is C15H12ClN3S2. The fourth-order valence-corrected chi connectivity index (χ4v) is 3.88. The van der Waals surface area contributed by atoms with Crippen LogP contribution in [0.5, 0.6) is 0 Å². The van der Waals surface area contributed by atoms with Crippen molar-refractivity contribution < 1.29 is 0 Å². The molecule has 0 spiro atoms. The van der Waals surface area contributed by atoms with Crippen LogP contribution in [-0.4, -0.2) is 16.7 Å². The molecule has 0 fully saturated rings. The number of thiazole rings is 1. The van der Waals surface area contributed by atoms with Crippen molar-refractivity contribution in [2.24, 2.45) is 10.7 Å². The van der Waals surface area contributed by atoms with Gasteiger partial charge in [0.2, 0.25) is 0 Å². The van der Waals surface area contributed by atoms with E-state index < -0.39 is 0 Å². The molecule has 21 heavy (non-hydrogen) atoms. The summed E-state index contributed by atoms with van der Waals surface area (Å²) in [5.41, 5.74) is 7.46. The topological polar surface area (TPSA) is 51.3 Å². The van der Waals surface area contributed by atoms with E-state index in [0.717, 1.165) is 20.4 Å². The lowest BCUT2D eigenvalue weighted by Crippen LogP contribution is -2.12. The predicted octanol–water partition coefficient (Wildman–Crippen LogP) is 4.68. The summed E-state index contributed by atoms with van der Waals surface area (Å²) in [6, 6.07) is 16.0. The molecule has 0 radical (unpaired) electrons. The number of aromatic nitrogens is 1. The molecule has 0 saturated heterocycles. The number of aliphatic imine (C=N–C) groups is 1. The van der Waals surface area contributed by atoms with Gasteiger partial charge in [-0.15, -0.1) is 22.9 Å². The second-order valence-electron chi connectivity index (χ2n) is 4.28. The van der Waals surface area contributed by atoms with Crippen molar-refractivity contribution in [1.82, 2.24) is 4.98 Å². The number of rotatable bonds is 4. The van der Waals surface area contributed by atoms with Crippen molar-refractivity contribution in [2.45, 2.75) is 9.24 Å². The molecule has 0 amide bonds. The van der Waals surface area contributed by atoms with E-state index in [4.69, 9.17) is 17.3 Å². The first-order valence-corrected chi connectivity index (χ1v) is 8.44. The van der Waals surface area contributed by atoms with Gasteiger partial charge in [-0.1, -0.05) is 23.9 Å². The number of alkyl halides is 1. The summed E-state index contributed by atoms with van der Waals surface area (Å²) in [5.74, 6) is 0.658. The standard InChI is InChI=1S/C15H12ClN3S2/c16-9-14(17)18-10-5-7-11(8-6-10)20-15-19-12-3-1-2-4-13(12)21-15/h1-8H,9H2,(H2,17,18). The number of nitrogens with zero attached hydrogens (tertiary/aromatic N) is 2. The molecule has 1 aromatic heterocycles. The van der Waals surface area contributed by atoms with Crippen molar-refractivity contribution in [1.29, 1.82) is 0 Å². The molecule has 3 aromatic rings. The van der Waals surface area contributed by atoms with Crippen molar-refractivity contribution in [3.63, 3.8) is 0 Å². The molecule has 0 bridgehead atoms. The highest BCUT2D eigenvalue weighted by molar-refractivity contribution is 8.01. The number of hydrogen-bond donors (Lipinski definition) is 1. The third-order valence-corrected chi connectivity index (χ3v) is 5.10. The van der Waals surface area contributed by atoms with E-state index in [1.165, 1.54) is 4.70 Å². The Kier molecular flexibility index (Phi) is 4.43. The van der Waals surface area contributed by atoms with Gasteiger partial charge in [0, 0.05) is 4.90 Å². The van der Waals surface area contributed by atoms with Gasteiger partial charge in [-0.25, -0.2) is 9.98 Å². The Morgan fingerprint density at radius 1 is 1.19 bits per heavy atom. The van der Waals surface area contributed by atoms with E-state index in [2.05, 4.69) is 16.0 Å². The van der Waals surface area contributed by atoms with E-state index in [1.54, 1.807) is 23.1 Å². The number of fused-ring (bicyclic) bond motifs is 1. The monoisotopic (exact) mass is 333 g/mol. The smallest absolute Gasteiger partial charge is 0.155 e. The van der Waals surface area contributed by atoms with Gasteiger partial charge in [0.1, 0.15) is 5.84 Å². The molecule has 0 aliphatic rings. The van der Waals surface area contributed by atoms with Crippen LogP contribution in [0.4, 0.5) is 5.69 Å². The predicted molar refractivity (Wildman–Crippen MR) is 92.2 cm³/mol. The lowest BCUT2D eigenvalue weighted by Gasteiger charge is -1.99. The van der Waals surface area contributed by atoms with Crippen LogP contribution in [-0.2, 0) is 0 Å². The average Bonchev–Trinajstić information content (AvgIpc) is 2.91. The lowest BCUT2D eigenvalue weighted by atomic mass is 10.3. The van der Waals surface area contributed by atoms with Crippen molar-refractivity contribution in [2.75, 3.05) is 5.88 Å². The highest BCUT2D eigenvalue weighted by atomic mass is 35.5. The van der Waals surface area contributed by atoms with Gasteiger partial charge in [0.25, 0.3) is 0 Å². The maximum Gasteiger partial charge on any atom is 0.155 e. The number of benzene rings is 2. The largest absolute Gasteiger partial charge is 0.386 e. The summed E-state index contributed by atoms with van der Waals surface area (Å²) < 4.78 is 2.24. The Morgan fingerprint density at radius 2 is 1.95 bits per heavy atom. The van der Waals surface area contributed by atoms with Gasteiger partial charge < -0.3 is 5.73 Å². The number of hydrogen-bond acceptors (Lipinski definition) is 4. The van der Waals surface area contributed by atoms with Crippen LogP contribution < -0.4 is 5.73 Å². The zero-order valence-electron chi connectivity index (χ0n) is 11.0. The van der Waals surface area contributed by atoms with Crippen molar-refractivity contribution >= 4 is 56.4 Å². The number of nitrogens with two attached hydrogens (primary N) is 1. The molecule has 3 rings (SSSR count). The Bertz CT molecular complexity index is 748. The summed E-state index contributed by atoms with van der Waals surface area (Å²) in [6.07, 6.45) is 0. The molecule has 2 aromatic carbocycles. The van der Waals surface area contributed by atoms with Crippen LogP contribution in [0.2, 0.25) is 0 Å². The first kappa shape index (κ1) is 14.4. The highest BCUT2D eigenvalue weighted by Gasteiger charge is 2.05. The molecule has 0 aliphatic heterocycles. The Balaban J connectivity index is 1.78. The molecule has 3 nitrogen and oxygen atoms in total. The Labute approximate surface area is 135 Å². The molecule has 6 heteroatoms. The molecular weight excluding hydrogens is 322 g/mol. The third kappa shape index (κ3) is 3.56. The molecule has 0 atom stereocenters. The zero-order chi connectivity index (χ0) is 14.7. The fraction of sp³-hybridized carbons (Fsp3) is 0.0667. The van der Waals surface area contributed by atoms with Crippen LogP contribution in [0.25, 0.3) is 10.2 Å². The summed E-state index contributed by atoms with van der Waals surface area (Å²) in [6.45, 7) is 0. The Morgan fingerprint density at radius 3 is 2.67 bits per heavy atom. The lowest BCUT2D eigenvalue weighted by molar-refractivity contribution is 1.29. The molecule has 0 unspecified atom stereocenters. The first-order valence-electron chi connectivity index (χ1n) is 6.27. The van der Waals surface area contributed by atoms with Crippen LogP contribution in [0.1, 0.15) is 0 Å². The van der Waals surface area contributed by atoms with Gasteiger partial charge >= 0.3 is 0 Å². The molecule has 106 valence electrons. The number of halogens is 1. The maximum absolute atomic E-state index is 5.61. The summed E-state index contributed by atoms with van der Waals surface area (Å²) >= 11 is 8.96. The number of amidine groups is 1. The van der Waals surface area contributed by atoms with Crippen LogP contribution in [0.15, 0.2) is 62.8 Å². The second kappa shape index (κ2) is 6.47. The zero-order valence-corrected chi connectivity index (χ0v) is 13.4. The maximum atomic E-state index is 5.61. The van der Waals surface area contributed by atoms with Gasteiger partial charge in [-0.3, -0.25) is 0 Å². The minimum Gasteiger partial charge on any atom is -0.386 e. The molecule has 0 saturated carbocycles. The highest BCUT2D eigenvalue weighted by Crippen LogP contribution is 2.34. The van der Waals surface area contributed by atoms with Crippen LogP contribution >= 0.6 is 34.7 Å². The van der Waals surface area contributed by atoms with E-state index in [1.807, 2.05) is 42.5 Å². The summed E-state index contributed by atoms with van der Waals surface area (Å²) in [7, 11) is 0.